The van der Waals surface area contributed by atoms with Crippen molar-refractivity contribution in [1.82, 2.24) is 9.55 Å². The molecule has 2 heterocycles. The van der Waals surface area contributed by atoms with E-state index < -0.39 is 0 Å². The highest BCUT2D eigenvalue weighted by atomic mass is 32.2. The van der Waals surface area contributed by atoms with Crippen LogP contribution in [-0.2, 0) is 6.54 Å². The van der Waals surface area contributed by atoms with Gasteiger partial charge in [0.1, 0.15) is 0 Å². The Balaban J connectivity index is 2.04. The van der Waals surface area contributed by atoms with Gasteiger partial charge in [-0.1, -0.05) is 12.1 Å². The Kier molecular flexibility index (Phi) is 2.74. The van der Waals surface area contributed by atoms with Gasteiger partial charge in [-0.15, -0.1) is 0 Å². The van der Waals surface area contributed by atoms with Gasteiger partial charge in [-0.3, -0.25) is 0 Å². The summed E-state index contributed by atoms with van der Waals surface area (Å²) >= 11 is 2.04. The quantitative estimate of drug-likeness (QED) is 0.887. The van der Waals surface area contributed by atoms with Gasteiger partial charge >= 0.3 is 0 Å². The third-order valence-electron chi connectivity index (χ3n) is 3.46. The van der Waals surface area contributed by atoms with E-state index in [0.717, 1.165) is 18.0 Å². The molecular formula is C13H17N3S. The fraction of sp³-hybridized carbons (Fsp3) is 0.462. The average Bonchev–Trinajstić information content (AvgIpc) is 2.89. The van der Waals surface area contributed by atoms with E-state index in [0.29, 0.717) is 5.95 Å². The van der Waals surface area contributed by atoms with Crippen molar-refractivity contribution >= 4 is 28.7 Å². The van der Waals surface area contributed by atoms with Crippen LogP contribution in [0.25, 0.3) is 11.0 Å². The van der Waals surface area contributed by atoms with Crippen molar-refractivity contribution in [2.45, 2.75) is 19.9 Å². The van der Waals surface area contributed by atoms with E-state index in [-0.39, 0.29) is 0 Å². The fourth-order valence-corrected chi connectivity index (χ4v) is 3.83. The zero-order chi connectivity index (χ0) is 11.8. The Labute approximate surface area is 105 Å². The maximum absolute atomic E-state index is 6.05. The number of hydrogen-bond donors (Lipinski definition) is 1. The predicted molar refractivity (Wildman–Crippen MR) is 74.3 cm³/mol. The average molecular weight is 247 g/mol. The first-order valence-corrected chi connectivity index (χ1v) is 7.20. The number of nitrogen functional groups attached to an aromatic ring is 1. The molecule has 17 heavy (non-hydrogen) atoms. The number of para-hydroxylation sites is 1. The number of benzene rings is 1. The van der Waals surface area contributed by atoms with E-state index >= 15 is 0 Å². The molecule has 2 aromatic rings. The summed E-state index contributed by atoms with van der Waals surface area (Å²) in [5, 5.41) is 0. The first-order valence-electron chi connectivity index (χ1n) is 6.05. The molecule has 1 aliphatic rings. The van der Waals surface area contributed by atoms with Gasteiger partial charge < -0.3 is 10.3 Å². The third kappa shape index (κ3) is 1.90. The second kappa shape index (κ2) is 4.26. The maximum atomic E-state index is 6.05. The van der Waals surface area contributed by atoms with Crippen molar-refractivity contribution in [1.29, 1.82) is 0 Å². The summed E-state index contributed by atoms with van der Waals surface area (Å²) in [4.78, 5) is 4.45. The minimum atomic E-state index is 0.659. The van der Waals surface area contributed by atoms with Gasteiger partial charge in [-0.05, 0) is 42.4 Å². The molecule has 1 aliphatic heterocycles. The van der Waals surface area contributed by atoms with Crippen LogP contribution in [0.15, 0.2) is 18.2 Å². The summed E-state index contributed by atoms with van der Waals surface area (Å²) < 4.78 is 2.20. The molecular weight excluding hydrogens is 230 g/mol. The molecule has 0 saturated carbocycles. The Hall–Kier alpha value is -1.16. The van der Waals surface area contributed by atoms with E-state index in [4.69, 9.17) is 5.73 Å². The molecule has 0 bridgehead atoms. The SMILES string of the molecule is Cc1cccc2nc(N)n(CC3CCSC3)c12. The van der Waals surface area contributed by atoms with Crippen LogP contribution in [0, 0.1) is 12.8 Å². The molecule has 4 heteroatoms. The van der Waals surface area contributed by atoms with Crippen LogP contribution < -0.4 is 5.73 Å². The van der Waals surface area contributed by atoms with E-state index in [1.54, 1.807) is 0 Å². The van der Waals surface area contributed by atoms with Crippen LogP contribution in [-0.4, -0.2) is 21.1 Å². The highest BCUT2D eigenvalue weighted by Gasteiger charge is 2.19. The van der Waals surface area contributed by atoms with Gasteiger partial charge in [0.15, 0.2) is 0 Å². The molecule has 0 aliphatic carbocycles. The molecule has 1 atom stereocenters. The van der Waals surface area contributed by atoms with Crippen molar-refractivity contribution in [3.8, 4) is 0 Å². The number of hydrogen-bond acceptors (Lipinski definition) is 3. The molecule has 0 radical (unpaired) electrons. The Morgan fingerprint density at radius 1 is 1.53 bits per heavy atom. The van der Waals surface area contributed by atoms with E-state index in [9.17, 15) is 0 Å². The lowest BCUT2D eigenvalue weighted by Gasteiger charge is -2.12. The first kappa shape index (κ1) is 11.0. The lowest BCUT2D eigenvalue weighted by molar-refractivity contribution is 0.505. The van der Waals surface area contributed by atoms with Crippen LogP contribution in [0.1, 0.15) is 12.0 Å². The first-order chi connectivity index (χ1) is 8.25. The smallest absolute Gasteiger partial charge is 0.201 e. The second-order valence-electron chi connectivity index (χ2n) is 4.75. The summed E-state index contributed by atoms with van der Waals surface area (Å²) in [5.41, 5.74) is 9.54. The van der Waals surface area contributed by atoms with Gasteiger partial charge in [0.25, 0.3) is 0 Å². The number of aryl methyl sites for hydroxylation is 1. The minimum absolute atomic E-state index is 0.659. The summed E-state index contributed by atoms with van der Waals surface area (Å²) in [5.74, 6) is 3.95. The summed E-state index contributed by atoms with van der Waals surface area (Å²) in [6.07, 6.45) is 1.30. The summed E-state index contributed by atoms with van der Waals surface area (Å²) in [6.45, 7) is 3.14. The minimum Gasteiger partial charge on any atom is -0.369 e. The molecule has 1 saturated heterocycles. The van der Waals surface area contributed by atoms with Gasteiger partial charge in [0, 0.05) is 6.54 Å². The van der Waals surface area contributed by atoms with Crippen molar-refractivity contribution in [3.05, 3.63) is 23.8 Å². The molecule has 1 fully saturated rings. The molecule has 3 nitrogen and oxygen atoms in total. The van der Waals surface area contributed by atoms with E-state index in [2.05, 4.69) is 22.5 Å². The molecule has 0 spiro atoms. The monoisotopic (exact) mass is 247 g/mol. The molecule has 90 valence electrons. The van der Waals surface area contributed by atoms with E-state index in [1.807, 2.05) is 23.9 Å². The van der Waals surface area contributed by atoms with Crippen molar-refractivity contribution in [2.75, 3.05) is 17.2 Å². The molecule has 1 aromatic carbocycles. The fourth-order valence-electron chi connectivity index (χ4n) is 2.55. The lowest BCUT2D eigenvalue weighted by Crippen LogP contribution is -2.12. The normalized spacial score (nSPS) is 20.2. The Bertz CT molecular complexity index is 541. The number of rotatable bonds is 2. The number of nitrogens with two attached hydrogens (primary N) is 1. The lowest BCUT2D eigenvalue weighted by atomic mass is 10.1. The van der Waals surface area contributed by atoms with Gasteiger partial charge in [-0.2, -0.15) is 11.8 Å². The third-order valence-corrected chi connectivity index (χ3v) is 4.69. The molecule has 2 N–H and O–H groups in total. The Morgan fingerprint density at radius 2 is 2.41 bits per heavy atom. The topological polar surface area (TPSA) is 43.8 Å². The standard InChI is InChI=1S/C13H17N3S/c1-9-3-2-4-11-12(9)16(13(14)15-11)7-10-5-6-17-8-10/h2-4,10H,5-8H2,1H3,(H2,14,15). The molecule has 0 amide bonds. The van der Waals surface area contributed by atoms with Crippen molar-refractivity contribution < 1.29 is 0 Å². The molecule has 1 unspecified atom stereocenters. The summed E-state index contributed by atoms with van der Waals surface area (Å²) in [6, 6.07) is 6.21. The molecule has 1 aromatic heterocycles. The number of thioether (sulfide) groups is 1. The largest absolute Gasteiger partial charge is 0.369 e. The van der Waals surface area contributed by atoms with Crippen LogP contribution in [0.2, 0.25) is 0 Å². The predicted octanol–water partition coefficient (Wildman–Crippen LogP) is 2.68. The number of anilines is 1. The number of imidazole rings is 1. The summed E-state index contributed by atoms with van der Waals surface area (Å²) in [7, 11) is 0. The van der Waals surface area contributed by atoms with Crippen LogP contribution >= 0.6 is 11.8 Å². The van der Waals surface area contributed by atoms with Crippen molar-refractivity contribution in [3.63, 3.8) is 0 Å². The number of aromatic nitrogens is 2. The van der Waals surface area contributed by atoms with Gasteiger partial charge in [0.2, 0.25) is 5.95 Å². The Morgan fingerprint density at radius 3 is 3.18 bits per heavy atom. The zero-order valence-electron chi connectivity index (χ0n) is 10.0. The zero-order valence-corrected chi connectivity index (χ0v) is 10.8. The van der Waals surface area contributed by atoms with Crippen LogP contribution in [0.5, 0.6) is 0 Å². The number of fused-ring (bicyclic) bond motifs is 1. The second-order valence-corrected chi connectivity index (χ2v) is 5.90. The van der Waals surface area contributed by atoms with Crippen molar-refractivity contribution in [2.24, 2.45) is 5.92 Å². The highest BCUT2D eigenvalue weighted by Crippen LogP contribution is 2.28. The van der Waals surface area contributed by atoms with E-state index in [1.165, 1.54) is 29.0 Å². The van der Waals surface area contributed by atoms with Crippen LogP contribution in [0.4, 0.5) is 5.95 Å². The maximum Gasteiger partial charge on any atom is 0.201 e. The van der Waals surface area contributed by atoms with Gasteiger partial charge in [0.05, 0.1) is 11.0 Å². The molecule has 3 rings (SSSR count). The van der Waals surface area contributed by atoms with Gasteiger partial charge in [-0.25, -0.2) is 4.98 Å². The number of nitrogens with zero attached hydrogens (tertiary/aromatic N) is 2. The highest BCUT2D eigenvalue weighted by molar-refractivity contribution is 7.99. The van der Waals surface area contributed by atoms with Crippen LogP contribution in [0.3, 0.4) is 0 Å².